The predicted molar refractivity (Wildman–Crippen MR) is 74.5 cm³/mol. The van der Waals surface area contributed by atoms with Crippen molar-refractivity contribution in [2.24, 2.45) is 0 Å². The van der Waals surface area contributed by atoms with Crippen LogP contribution in [0.4, 0.5) is 11.4 Å². The molecule has 0 amide bonds. The zero-order valence-electron chi connectivity index (χ0n) is 10.3. The van der Waals surface area contributed by atoms with Crippen molar-refractivity contribution in [2.45, 2.75) is 26.8 Å². The molecule has 4 heteroatoms. The molecule has 0 spiro atoms. The summed E-state index contributed by atoms with van der Waals surface area (Å²) in [6.07, 6.45) is 0. The first-order valence-electron chi connectivity index (χ1n) is 5.60. The van der Waals surface area contributed by atoms with E-state index in [0.29, 0.717) is 0 Å². The third kappa shape index (κ3) is 2.97. The van der Waals surface area contributed by atoms with Gasteiger partial charge in [0.15, 0.2) is 0 Å². The normalized spacial score (nSPS) is 12.4. The molecule has 0 aliphatic rings. The van der Waals surface area contributed by atoms with Crippen molar-refractivity contribution in [3.05, 3.63) is 39.8 Å². The van der Waals surface area contributed by atoms with Gasteiger partial charge in [0.25, 0.3) is 0 Å². The van der Waals surface area contributed by atoms with Gasteiger partial charge in [0.1, 0.15) is 5.01 Å². The maximum absolute atomic E-state index is 5.82. The van der Waals surface area contributed by atoms with Crippen LogP contribution in [0.15, 0.2) is 23.6 Å². The number of hydrogen-bond acceptors (Lipinski definition) is 4. The van der Waals surface area contributed by atoms with E-state index in [-0.39, 0.29) is 6.04 Å². The van der Waals surface area contributed by atoms with Crippen LogP contribution in [0.25, 0.3) is 0 Å². The first-order valence-corrected chi connectivity index (χ1v) is 6.48. The minimum atomic E-state index is 0.204. The van der Waals surface area contributed by atoms with Gasteiger partial charge in [-0.15, -0.1) is 11.3 Å². The highest BCUT2D eigenvalue weighted by molar-refractivity contribution is 7.09. The van der Waals surface area contributed by atoms with Crippen molar-refractivity contribution >= 4 is 22.7 Å². The van der Waals surface area contributed by atoms with Gasteiger partial charge in [0.05, 0.1) is 6.04 Å². The number of rotatable bonds is 3. The molecule has 0 radical (unpaired) electrons. The van der Waals surface area contributed by atoms with Crippen LogP contribution >= 0.6 is 11.3 Å². The Morgan fingerprint density at radius 2 is 2.06 bits per heavy atom. The largest absolute Gasteiger partial charge is 0.399 e. The standard InChI is InChI=1S/C13H17N3S/c1-8-4-11(14)6-12(5-8)16-10(3)13-15-9(2)7-17-13/h4-7,10,16H,14H2,1-3H3. The number of nitrogens with two attached hydrogens (primary N) is 1. The molecular formula is C13H17N3S. The van der Waals surface area contributed by atoms with Gasteiger partial charge >= 0.3 is 0 Å². The Morgan fingerprint density at radius 1 is 1.29 bits per heavy atom. The second-order valence-corrected chi connectivity index (χ2v) is 5.22. The number of nitrogens with zero attached hydrogens (tertiary/aromatic N) is 1. The molecule has 1 unspecified atom stereocenters. The summed E-state index contributed by atoms with van der Waals surface area (Å²) in [5, 5.41) is 6.59. The quantitative estimate of drug-likeness (QED) is 0.816. The molecule has 0 bridgehead atoms. The molecule has 90 valence electrons. The number of hydrogen-bond donors (Lipinski definition) is 2. The molecule has 2 aromatic rings. The molecule has 0 aliphatic heterocycles. The smallest absolute Gasteiger partial charge is 0.115 e. The van der Waals surface area contributed by atoms with E-state index < -0.39 is 0 Å². The fourth-order valence-corrected chi connectivity index (χ4v) is 2.58. The molecule has 2 rings (SSSR count). The SMILES string of the molecule is Cc1cc(N)cc(NC(C)c2nc(C)cs2)c1. The fraction of sp³-hybridized carbons (Fsp3) is 0.308. The second kappa shape index (κ2) is 4.75. The first-order chi connectivity index (χ1) is 8.04. The Labute approximate surface area is 106 Å². The van der Waals surface area contributed by atoms with E-state index in [1.165, 1.54) is 0 Å². The van der Waals surface area contributed by atoms with Crippen LogP contribution in [0.2, 0.25) is 0 Å². The molecule has 0 fully saturated rings. The number of aromatic nitrogens is 1. The highest BCUT2D eigenvalue weighted by Gasteiger charge is 2.09. The summed E-state index contributed by atoms with van der Waals surface area (Å²) >= 11 is 1.68. The van der Waals surface area contributed by atoms with Crippen molar-refractivity contribution in [1.29, 1.82) is 0 Å². The molecular weight excluding hydrogens is 230 g/mol. The molecule has 1 aromatic carbocycles. The molecule has 1 aromatic heterocycles. The van der Waals surface area contributed by atoms with Crippen molar-refractivity contribution < 1.29 is 0 Å². The first kappa shape index (κ1) is 11.9. The molecule has 17 heavy (non-hydrogen) atoms. The van der Waals surface area contributed by atoms with Gasteiger partial charge in [-0.2, -0.15) is 0 Å². The lowest BCUT2D eigenvalue weighted by Gasteiger charge is -2.13. The van der Waals surface area contributed by atoms with E-state index in [1.54, 1.807) is 11.3 Å². The minimum absolute atomic E-state index is 0.204. The molecule has 1 atom stereocenters. The average Bonchev–Trinajstić information content (AvgIpc) is 2.63. The lowest BCUT2D eigenvalue weighted by Crippen LogP contribution is -2.06. The highest BCUT2D eigenvalue weighted by atomic mass is 32.1. The maximum Gasteiger partial charge on any atom is 0.115 e. The lowest BCUT2D eigenvalue weighted by atomic mass is 10.2. The maximum atomic E-state index is 5.82. The van der Waals surface area contributed by atoms with Crippen LogP contribution in [0, 0.1) is 13.8 Å². The molecule has 3 N–H and O–H groups in total. The number of nitrogens with one attached hydrogen (secondary N) is 1. The van der Waals surface area contributed by atoms with Crippen molar-refractivity contribution in [2.75, 3.05) is 11.1 Å². The topological polar surface area (TPSA) is 50.9 Å². The molecule has 0 saturated carbocycles. The molecule has 0 aliphatic carbocycles. The molecule has 0 saturated heterocycles. The fourth-order valence-electron chi connectivity index (χ4n) is 1.78. The Hall–Kier alpha value is -1.55. The summed E-state index contributed by atoms with van der Waals surface area (Å²) in [5.74, 6) is 0. The van der Waals surface area contributed by atoms with Gasteiger partial charge in [0, 0.05) is 22.4 Å². The number of thiazole rings is 1. The van der Waals surface area contributed by atoms with Crippen LogP contribution in [-0.4, -0.2) is 4.98 Å². The van der Waals surface area contributed by atoms with Crippen LogP contribution < -0.4 is 11.1 Å². The van der Waals surface area contributed by atoms with Crippen LogP contribution in [0.1, 0.15) is 29.2 Å². The summed E-state index contributed by atoms with van der Waals surface area (Å²) < 4.78 is 0. The van der Waals surface area contributed by atoms with E-state index in [0.717, 1.165) is 27.6 Å². The van der Waals surface area contributed by atoms with Crippen molar-refractivity contribution in [1.82, 2.24) is 4.98 Å². The van der Waals surface area contributed by atoms with E-state index in [2.05, 4.69) is 28.7 Å². The van der Waals surface area contributed by atoms with Crippen LogP contribution in [0.5, 0.6) is 0 Å². The van der Waals surface area contributed by atoms with Gasteiger partial charge in [-0.05, 0) is 44.5 Å². The number of nitrogen functional groups attached to an aromatic ring is 1. The Bertz CT molecular complexity index is 499. The summed E-state index contributed by atoms with van der Waals surface area (Å²) in [5.41, 5.74) is 9.89. The van der Waals surface area contributed by atoms with E-state index in [1.807, 2.05) is 26.0 Å². The van der Waals surface area contributed by atoms with Gasteiger partial charge in [-0.1, -0.05) is 0 Å². The number of anilines is 2. The van der Waals surface area contributed by atoms with E-state index in [9.17, 15) is 0 Å². The van der Waals surface area contributed by atoms with Gasteiger partial charge in [-0.3, -0.25) is 0 Å². The van der Waals surface area contributed by atoms with Gasteiger partial charge in [-0.25, -0.2) is 4.98 Å². The predicted octanol–water partition coefficient (Wildman–Crippen LogP) is 3.52. The van der Waals surface area contributed by atoms with Gasteiger partial charge in [0.2, 0.25) is 0 Å². The van der Waals surface area contributed by atoms with Crippen molar-refractivity contribution in [3.8, 4) is 0 Å². The number of benzene rings is 1. The van der Waals surface area contributed by atoms with Gasteiger partial charge < -0.3 is 11.1 Å². The average molecular weight is 247 g/mol. The Morgan fingerprint density at radius 3 is 2.65 bits per heavy atom. The summed E-state index contributed by atoms with van der Waals surface area (Å²) in [6.45, 7) is 6.16. The summed E-state index contributed by atoms with van der Waals surface area (Å²) in [7, 11) is 0. The van der Waals surface area contributed by atoms with Crippen molar-refractivity contribution in [3.63, 3.8) is 0 Å². The minimum Gasteiger partial charge on any atom is -0.399 e. The number of aryl methyl sites for hydroxylation is 2. The van der Waals surface area contributed by atoms with Crippen LogP contribution in [0.3, 0.4) is 0 Å². The zero-order valence-corrected chi connectivity index (χ0v) is 11.1. The van der Waals surface area contributed by atoms with Crippen LogP contribution in [-0.2, 0) is 0 Å². The summed E-state index contributed by atoms with van der Waals surface area (Å²) in [6, 6.07) is 6.20. The monoisotopic (exact) mass is 247 g/mol. The Kier molecular flexibility index (Phi) is 3.33. The highest BCUT2D eigenvalue weighted by Crippen LogP contribution is 2.24. The third-order valence-corrected chi connectivity index (χ3v) is 3.64. The second-order valence-electron chi connectivity index (χ2n) is 4.33. The lowest BCUT2D eigenvalue weighted by molar-refractivity contribution is 0.864. The molecule has 1 heterocycles. The Balaban J connectivity index is 2.15. The van der Waals surface area contributed by atoms with E-state index in [4.69, 9.17) is 5.73 Å². The third-order valence-electron chi connectivity index (χ3n) is 2.49. The molecule has 3 nitrogen and oxygen atoms in total. The zero-order chi connectivity index (χ0) is 12.4. The van der Waals surface area contributed by atoms with E-state index >= 15 is 0 Å². The summed E-state index contributed by atoms with van der Waals surface area (Å²) in [4.78, 5) is 4.48.